The number of carbonyl (C=O) groups excluding carboxylic acids is 2. The van der Waals surface area contributed by atoms with Crippen molar-refractivity contribution in [1.29, 1.82) is 0 Å². The van der Waals surface area contributed by atoms with Crippen LogP contribution in [0.1, 0.15) is 41.8 Å². The van der Waals surface area contributed by atoms with Crippen molar-refractivity contribution in [3.63, 3.8) is 0 Å². The van der Waals surface area contributed by atoms with Crippen LogP contribution < -0.4 is 21.7 Å². The Hall–Kier alpha value is -3.14. The van der Waals surface area contributed by atoms with Crippen molar-refractivity contribution >= 4 is 39.8 Å². The fourth-order valence-electron chi connectivity index (χ4n) is 3.35. The second-order valence-corrected chi connectivity index (χ2v) is 8.60. The van der Waals surface area contributed by atoms with Crippen molar-refractivity contribution in [1.82, 2.24) is 10.3 Å². The molecule has 0 saturated carbocycles. The van der Waals surface area contributed by atoms with E-state index in [1.807, 2.05) is 13.8 Å². The zero-order valence-electron chi connectivity index (χ0n) is 16.8. The highest BCUT2D eigenvalue weighted by atomic mass is 32.2. The Kier molecular flexibility index (Phi) is 6.56. The number of fused-ring (bicyclic) bond motifs is 1. The van der Waals surface area contributed by atoms with E-state index in [1.54, 1.807) is 30.3 Å². The van der Waals surface area contributed by atoms with Crippen LogP contribution in [0.5, 0.6) is 0 Å². The molecule has 0 saturated heterocycles. The highest BCUT2D eigenvalue weighted by Crippen LogP contribution is 2.29. The molecule has 2 heterocycles. The first-order chi connectivity index (χ1) is 14.2. The summed E-state index contributed by atoms with van der Waals surface area (Å²) < 4.78 is 22.0. The Bertz CT molecular complexity index is 1040. The van der Waals surface area contributed by atoms with Crippen LogP contribution >= 0.6 is 0 Å². The number of anilines is 3. The average molecular weight is 432 g/mol. The van der Waals surface area contributed by atoms with Crippen molar-refractivity contribution in [2.45, 2.75) is 38.6 Å². The molecule has 0 radical (unpaired) electrons. The van der Waals surface area contributed by atoms with Gasteiger partial charge in [0.1, 0.15) is 28.4 Å². The van der Waals surface area contributed by atoms with Crippen LogP contribution in [-0.2, 0) is 27.8 Å². The fraction of sp³-hybridized carbons (Fsp3) is 0.350. The number of primary amides is 1. The number of rotatable bonds is 9. The number of pyridine rings is 1. The normalized spacial score (nSPS) is 13.8. The molecular weight excluding hydrogens is 406 g/mol. The quantitative estimate of drug-likeness (QED) is 0.379. The minimum atomic E-state index is -2.55. The van der Waals surface area contributed by atoms with E-state index in [-0.39, 0.29) is 17.6 Å². The number of hydrogen-bond donors (Lipinski definition) is 5. The van der Waals surface area contributed by atoms with E-state index in [9.17, 15) is 18.0 Å². The lowest BCUT2D eigenvalue weighted by atomic mass is 10.0. The van der Waals surface area contributed by atoms with Crippen LogP contribution in [0.4, 0.5) is 17.3 Å². The summed E-state index contributed by atoms with van der Waals surface area (Å²) in [6.07, 6.45) is 0.545. The molecule has 3 rings (SSSR count). The fourth-order valence-corrected chi connectivity index (χ4v) is 3.84. The Morgan fingerprint density at radius 3 is 2.73 bits per heavy atom. The lowest BCUT2D eigenvalue weighted by molar-refractivity contribution is -0.119. The summed E-state index contributed by atoms with van der Waals surface area (Å²) in [4.78, 5) is 28.6. The lowest BCUT2D eigenvalue weighted by Gasteiger charge is -2.19. The minimum Gasteiger partial charge on any atom is -0.368 e. The maximum absolute atomic E-state index is 12.3. The Labute approximate surface area is 176 Å². The SMILES string of the molecule is CC(C)C[C@@H](Nc1cc2c(c(Nc3cccc(C[SH](=O)=O)c3)n1)C(=O)NC2)C(N)=O. The number of hydrogen-bond acceptors (Lipinski definition) is 7. The van der Waals surface area contributed by atoms with Crippen LogP contribution in [-0.4, -0.2) is 31.3 Å². The van der Waals surface area contributed by atoms with Gasteiger partial charge in [0.15, 0.2) is 0 Å². The minimum absolute atomic E-state index is 0.0754. The van der Waals surface area contributed by atoms with Crippen LogP contribution in [0.15, 0.2) is 30.3 Å². The van der Waals surface area contributed by atoms with Gasteiger partial charge >= 0.3 is 0 Å². The van der Waals surface area contributed by atoms with E-state index in [0.29, 0.717) is 41.4 Å². The van der Waals surface area contributed by atoms with E-state index >= 15 is 0 Å². The first-order valence-electron chi connectivity index (χ1n) is 9.58. The molecule has 0 bridgehead atoms. The van der Waals surface area contributed by atoms with Crippen molar-refractivity contribution in [3.8, 4) is 0 Å². The largest absolute Gasteiger partial charge is 0.368 e. The smallest absolute Gasteiger partial charge is 0.255 e. The molecule has 1 aromatic carbocycles. The maximum atomic E-state index is 12.3. The maximum Gasteiger partial charge on any atom is 0.255 e. The standard InChI is InChI=1S/C20H25N5O4S/c1-11(2)6-15(18(21)26)24-16-8-13-9-22-20(27)17(13)19(25-16)23-14-5-3-4-12(7-14)10-30(28)29/h3-5,7-8,11,15,30H,6,9-10H2,1-2H3,(H2,21,26)(H,22,27)(H2,23,24,25)/t15-/m1/s1. The highest BCUT2D eigenvalue weighted by molar-refractivity contribution is 7.71. The second-order valence-electron chi connectivity index (χ2n) is 7.62. The van der Waals surface area contributed by atoms with Gasteiger partial charge in [-0.05, 0) is 41.7 Å². The number of amides is 2. The predicted octanol–water partition coefficient (Wildman–Crippen LogP) is 1.49. The molecule has 2 amide bonds. The molecule has 10 heteroatoms. The van der Waals surface area contributed by atoms with Crippen molar-refractivity contribution in [3.05, 3.63) is 47.0 Å². The average Bonchev–Trinajstić information content (AvgIpc) is 3.01. The lowest BCUT2D eigenvalue weighted by Crippen LogP contribution is -2.36. The molecule has 160 valence electrons. The molecular formula is C20H25N5O4S. The third-order valence-corrected chi connectivity index (χ3v) is 5.26. The monoisotopic (exact) mass is 431 g/mol. The van der Waals surface area contributed by atoms with Gasteiger partial charge in [-0.3, -0.25) is 9.59 Å². The van der Waals surface area contributed by atoms with E-state index in [0.717, 1.165) is 5.56 Å². The van der Waals surface area contributed by atoms with E-state index in [1.165, 1.54) is 0 Å². The summed E-state index contributed by atoms with van der Waals surface area (Å²) in [6.45, 7) is 4.33. The zero-order valence-corrected chi connectivity index (χ0v) is 17.7. The molecule has 0 aliphatic carbocycles. The highest BCUT2D eigenvalue weighted by Gasteiger charge is 2.26. The number of benzene rings is 1. The molecule has 1 aliphatic heterocycles. The van der Waals surface area contributed by atoms with Crippen LogP contribution in [0.2, 0.25) is 0 Å². The molecule has 1 aromatic heterocycles. The van der Waals surface area contributed by atoms with Gasteiger partial charge in [-0.1, -0.05) is 26.0 Å². The Morgan fingerprint density at radius 2 is 2.07 bits per heavy atom. The molecule has 0 spiro atoms. The molecule has 0 fully saturated rings. The number of carbonyl (C=O) groups is 2. The molecule has 1 atom stereocenters. The second kappa shape index (κ2) is 9.12. The topological polar surface area (TPSA) is 143 Å². The Balaban J connectivity index is 1.94. The van der Waals surface area contributed by atoms with Gasteiger partial charge in [0.25, 0.3) is 5.91 Å². The third-order valence-electron chi connectivity index (χ3n) is 4.64. The number of nitrogens with zero attached hydrogens (tertiary/aromatic N) is 1. The Morgan fingerprint density at radius 1 is 1.30 bits per heavy atom. The summed E-state index contributed by atoms with van der Waals surface area (Å²) in [7, 11) is -2.55. The van der Waals surface area contributed by atoms with Gasteiger partial charge in [0.2, 0.25) is 5.91 Å². The van der Waals surface area contributed by atoms with Crippen molar-refractivity contribution < 1.29 is 18.0 Å². The summed E-state index contributed by atoms with van der Waals surface area (Å²) in [5.41, 5.74) is 7.91. The van der Waals surface area contributed by atoms with E-state index < -0.39 is 22.7 Å². The summed E-state index contributed by atoms with van der Waals surface area (Å²) >= 11 is 0. The van der Waals surface area contributed by atoms with Crippen LogP contribution in [0.25, 0.3) is 0 Å². The van der Waals surface area contributed by atoms with Gasteiger partial charge in [0.05, 0.1) is 11.3 Å². The molecule has 2 aromatic rings. The molecule has 9 nitrogen and oxygen atoms in total. The predicted molar refractivity (Wildman–Crippen MR) is 115 cm³/mol. The van der Waals surface area contributed by atoms with Gasteiger partial charge < -0.3 is 21.7 Å². The van der Waals surface area contributed by atoms with Crippen molar-refractivity contribution in [2.75, 3.05) is 10.6 Å². The first kappa shape index (κ1) is 21.6. The summed E-state index contributed by atoms with van der Waals surface area (Å²) in [6, 6.07) is 8.02. The molecule has 5 N–H and O–H groups in total. The molecule has 30 heavy (non-hydrogen) atoms. The molecule has 1 aliphatic rings. The zero-order chi connectivity index (χ0) is 21.8. The number of thiol groups is 1. The summed E-state index contributed by atoms with van der Waals surface area (Å²) in [5.74, 6) is 0.194. The summed E-state index contributed by atoms with van der Waals surface area (Å²) in [5, 5.41) is 8.95. The van der Waals surface area contributed by atoms with Gasteiger partial charge in [0, 0.05) is 12.2 Å². The van der Waals surface area contributed by atoms with Gasteiger partial charge in [-0.25, -0.2) is 13.4 Å². The molecule has 0 unspecified atom stereocenters. The van der Waals surface area contributed by atoms with Crippen LogP contribution in [0.3, 0.4) is 0 Å². The van der Waals surface area contributed by atoms with Crippen LogP contribution in [0, 0.1) is 5.92 Å². The third kappa shape index (κ3) is 5.26. The first-order valence-corrected chi connectivity index (χ1v) is 10.9. The number of nitrogens with two attached hydrogens (primary N) is 1. The number of nitrogens with one attached hydrogen (secondary N) is 3. The van der Waals surface area contributed by atoms with Crippen molar-refractivity contribution in [2.24, 2.45) is 11.7 Å². The van der Waals surface area contributed by atoms with Gasteiger partial charge in [-0.15, -0.1) is 0 Å². The van der Waals surface area contributed by atoms with E-state index in [2.05, 4.69) is 20.9 Å². The van der Waals surface area contributed by atoms with Gasteiger partial charge in [-0.2, -0.15) is 0 Å². The van der Waals surface area contributed by atoms with E-state index in [4.69, 9.17) is 5.73 Å². The number of aromatic nitrogens is 1.